The number of hydrogen-bond acceptors (Lipinski definition) is 4. The molecule has 0 saturated heterocycles. The molecule has 0 saturated carbocycles. The van der Waals surface area contributed by atoms with E-state index in [0.717, 1.165) is 22.4 Å². The highest BCUT2D eigenvalue weighted by molar-refractivity contribution is 7.06. The van der Waals surface area contributed by atoms with Gasteiger partial charge in [-0.1, -0.05) is 55.5 Å². The van der Waals surface area contributed by atoms with E-state index in [9.17, 15) is 4.79 Å². The maximum atomic E-state index is 10.7. The van der Waals surface area contributed by atoms with Gasteiger partial charge < -0.3 is 4.74 Å². The molecular weight excluding hydrogens is 306 g/mol. The maximum absolute atomic E-state index is 10.7. The molecule has 0 radical (unpaired) electrons. The molecule has 0 aliphatic heterocycles. The molecule has 3 aromatic rings. The summed E-state index contributed by atoms with van der Waals surface area (Å²) in [6.45, 7) is 4.49. The van der Waals surface area contributed by atoms with Gasteiger partial charge in [0.05, 0.1) is 4.88 Å². The lowest BCUT2D eigenvalue weighted by molar-refractivity contribution is -0.120. The summed E-state index contributed by atoms with van der Waals surface area (Å²) in [5.41, 5.74) is 5.33. The van der Waals surface area contributed by atoms with E-state index in [4.69, 9.17) is 4.74 Å². The maximum Gasteiger partial charge on any atom is 0.298 e. The average Bonchev–Trinajstić information content (AvgIpc) is 2.96. The van der Waals surface area contributed by atoms with E-state index >= 15 is 0 Å². The Morgan fingerprint density at radius 1 is 1.00 bits per heavy atom. The quantitative estimate of drug-likeness (QED) is 0.628. The van der Waals surface area contributed by atoms with Crippen molar-refractivity contribution >= 4 is 18.0 Å². The Labute approximate surface area is 139 Å². The molecule has 0 N–H and O–H groups in total. The first-order valence-electron chi connectivity index (χ1n) is 7.49. The van der Waals surface area contributed by atoms with Crippen molar-refractivity contribution in [2.75, 3.05) is 0 Å². The van der Waals surface area contributed by atoms with Crippen molar-refractivity contribution < 1.29 is 9.53 Å². The molecule has 0 fully saturated rings. The van der Waals surface area contributed by atoms with Crippen molar-refractivity contribution in [2.24, 2.45) is 0 Å². The van der Waals surface area contributed by atoms with E-state index in [0.29, 0.717) is 17.9 Å². The second-order valence-electron chi connectivity index (χ2n) is 5.26. The fourth-order valence-corrected chi connectivity index (χ4v) is 3.13. The zero-order chi connectivity index (χ0) is 16.2. The van der Waals surface area contributed by atoms with Crippen LogP contribution in [0.3, 0.4) is 0 Å². The van der Waals surface area contributed by atoms with Gasteiger partial charge in [-0.25, -0.2) is 0 Å². The van der Waals surface area contributed by atoms with E-state index in [1.54, 1.807) is 0 Å². The van der Waals surface area contributed by atoms with Crippen LogP contribution in [0.2, 0.25) is 0 Å². The van der Waals surface area contributed by atoms with Crippen LogP contribution >= 0.6 is 11.5 Å². The van der Waals surface area contributed by atoms with Gasteiger partial charge in [-0.15, -0.1) is 0 Å². The first-order chi connectivity index (χ1) is 11.2. The smallest absolute Gasteiger partial charge is 0.298 e. The number of nitrogens with zero attached hydrogens (tertiary/aromatic N) is 1. The molecule has 3 nitrogen and oxygen atoms in total. The van der Waals surface area contributed by atoms with Gasteiger partial charge in [0.1, 0.15) is 5.69 Å². The number of rotatable bonds is 5. The highest BCUT2D eigenvalue weighted by atomic mass is 32.1. The Hall–Kier alpha value is -2.46. The van der Waals surface area contributed by atoms with Crippen molar-refractivity contribution in [3.63, 3.8) is 0 Å². The van der Waals surface area contributed by atoms with Crippen LogP contribution in [-0.2, 0) is 11.2 Å². The van der Waals surface area contributed by atoms with Crippen molar-refractivity contribution in [3.05, 3.63) is 59.0 Å². The number of carbonyl (C=O) groups is 1. The Morgan fingerprint density at radius 3 is 2.13 bits per heavy atom. The molecule has 0 bridgehead atoms. The summed E-state index contributed by atoms with van der Waals surface area (Å²) in [5, 5.41) is 0. The Bertz CT molecular complexity index is 804. The molecule has 4 heteroatoms. The Kier molecular flexibility index (Phi) is 4.53. The van der Waals surface area contributed by atoms with Crippen molar-refractivity contribution in [1.29, 1.82) is 0 Å². The molecule has 0 unspecified atom stereocenters. The van der Waals surface area contributed by atoms with E-state index in [-0.39, 0.29) is 0 Å². The number of ether oxygens (including phenoxy) is 1. The van der Waals surface area contributed by atoms with Gasteiger partial charge in [-0.3, -0.25) is 4.79 Å². The molecule has 0 spiro atoms. The second-order valence-corrected chi connectivity index (χ2v) is 6.24. The molecule has 23 heavy (non-hydrogen) atoms. The van der Waals surface area contributed by atoms with Crippen LogP contribution < -0.4 is 4.74 Å². The summed E-state index contributed by atoms with van der Waals surface area (Å²) < 4.78 is 9.46. The molecule has 0 amide bonds. The average molecular weight is 323 g/mol. The number of aromatic nitrogens is 1. The predicted molar refractivity (Wildman–Crippen MR) is 93.8 cm³/mol. The number of aryl methyl sites for hydroxylation is 2. The number of benzene rings is 2. The third kappa shape index (κ3) is 3.17. The second kappa shape index (κ2) is 6.75. The third-order valence-electron chi connectivity index (χ3n) is 3.83. The first kappa shape index (κ1) is 15.4. The highest BCUT2D eigenvalue weighted by Crippen LogP contribution is 2.35. The molecule has 0 aliphatic carbocycles. The molecule has 116 valence electrons. The summed E-state index contributed by atoms with van der Waals surface area (Å²) in [6, 6.07) is 16.7. The SMILES string of the molecule is CCc1ccc(-c2ccc(-c3nsc(C)c3OC=O)cc2)cc1. The zero-order valence-corrected chi connectivity index (χ0v) is 13.9. The van der Waals surface area contributed by atoms with Crippen LogP contribution in [0.25, 0.3) is 22.4 Å². The summed E-state index contributed by atoms with van der Waals surface area (Å²) >= 11 is 1.34. The van der Waals surface area contributed by atoms with E-state index in [1.807, 2.05) is 19.1 Å². The minimum Gasteiger partial charge on any atom is -0.425 e. The van der Waals surface area contributed by atoms with Crippen molar-refractivity contribution in [2.45, 2.75) is 20.3 Å². The summed E-state index contributed by atoms with van der Waals surface area (Å²) in [7, 11) is 0. The molecule has 2 aromatic carbocycles. The normalized spacial score (nSPS) is 10.5. The van der Waals surface area contributed by atoms with E-state index in [2.05, 4.69) is 47.7 Å². The summed E-state index contributed by atoms with van der Waals surface area (Å²) in [4.78, 5) is 11.5. The van der Waals surface area contributed by atoms with E-state index in [1.165, 1.54) is 22.7 Å². The summed E-state index contributed by atoms with van der Waals surface area (Å²) in [6.07, 6.45) is 1.04. The van der Waals surface area contributed by atoms with Crippen LogP contribution in [-0.4, -0.2) is 10.8 Å². The largest absolute Gasteiger partial charge is 0.425 e. The lowest BCUT2D eigenvalue weighted by atomic mass is 10.0. The third-order valence-corrected chi connectivity index (χ3v) is 4.56. The number of carbonyl (C=O) groups excluding carboxylic acids is 1. The highest BCUT2D eigenvalue weighted by Gasteiger charge is 2.14. The zero-order valence-electron chi connectivity index (χ0n) is 13.1. The van der Waals surface area contributed by atoms with Gasteiger partial charge in [-0.2, -0.15) is 4.37 Å². The Balaban J connectivity index is 1.91. The monoisotopic (exact) mass is 323 g/mol. The predicted octanol–water partition coefficient (Wildman–Crippen LogP) is 4.88. The van der Waals surface area contributed by atoms with Crippen LogP contribution in [0, 0.1) is 6.92 Å². The lowest BCUT2D eigenvalue weighted by Crippen LogP contribution is -1.91. The van der Waals surface area contributed by atoms with Gasteiger partial charge in [0.15, 0.2) is 5.75 Å². The molecular formula is C19H17NO2S. The van der Waals surface area contributed by atoms with Crippen LogP contribution in [0.5, 0.6) is 5.75 Å². The topological polar surface area (TPSA) is 39.2 Å². The minimum absolute atomic E-state index is 0.448. The molecule has 0 aliphatic rings. The molecule has 1 heterocycles. The first-order valence-corrected chi connectivity index (χ1v) is 8.26. The molecule has 3 rings (SSSR count). The Morgan fingerprint density at radius 2 is 1.57 bits per heavy atom. The van der Waals surface area contributed by atoms with Crippen molar-refractivity contribution in [3.8, 4) is 28.1 Å². The minimum atomic E-state index is 0.448. The summed E-state index contributed by atoms with van der Waals surface area (Å²) in [5.74, 6) is 0.546. The van der Waals surface area contributed by atoms with Crippen LogP contribution in [0.4, 0.5) is 0 Å². The van der Waals surface area contributed by atoms with E-state index < -0.39 is 0 Å². The fraction of sp³-hybridized carbons (Fsp3) is 0.158. The fourth-order valence-electron chi connectivity index (χ4n) is 2.49. The van der Waals surface area contributed by atoms with Crippen molar-refractivity contribution in [1.82, 2.24) is 4.37 Å². The standard InChI is InChI=1S/C19H17NO2S/c1-3-14-4-6-15(7-5-14)16-8-10-17(11-9-16)18-19(22-12-21)13(2)23-20-18/h4-12H,3H2,1-2H3. The van der Waals surface area contributed by atoms with Gasteiger partial charge in [0.2, 0.25) is 0 Å². The van der Waals surface area contributed by atoms with Crippen LogP contribution in [0.15, 0.2) is 48.5 Å². The number of hydrogen-bond donors (Lipinski definition) is 0. The van der Waals surface area contributed by atoms with Gasteiger partial charge in [-0.05, 0) is 41.6 Å². The van der Waals surface area contributed by atoms with Gasteiger partial charge in [0, 0.05) is 5.56 Å². The van der Waals surface area contributed by atoms with Gasteiger partial charge >= 0.3 is 0 Å². The van der Waals surface area contributed by atoms with Crippen LogP contribution in [0.1, 0.15) is 17.4 Å². The molecule has 0 atom stereocenters. The lowest BCUT2D eigenvalue weighted by Gasteiger charge is -2.05. The molecule has 1 aromatic heterocycles. The van der Waals surface area contributed by atoms with Gasteiger partial charge in [0.25, 0.3) is 6.47 Å².